The summed E-state index contributed by atoms with van der Waals surface area (Å²) in [6.45, 7) is 3.35. The number of fused-ring (bicyclic) bond motifs is 1. The molecule has 2 aliphatic heterocycles. The van der Waals surface area contributed by atoms with Crippen molar-refractivity contribution in [3.8, 4) is 0 Å². The zero-order valence-electron chi connectivity index (χ0n) is 13.1. The maximum absolute atomic E-state index is 12.4. The molecule has 1 aromatic rings. The first-order valence-corrected chi connectivity index (χ1v) is 9.57. The summed E-state index contributed by atoms with van der Waals surface area (Å²) in [5.41, 5.74) is 2.36. The Morgan fingerprint density at radius 2 is 2.23 bits per heavy atom. The summed E-state index contributed by atoms with van der Waals surface area (Å²) in [7, 11) is -1.29. The van der Waals surface area contributed by atoms with E-state index >= 15 is 0 Å². The molecule has 0 radical (unpaired) electrons. The van der Waals surface area contributed by atoms with Gasteiger partial charge in [0.1, 0.15) is 0 Å². The van der Waals surface area contributed by atoms with Crippen LogP contribution in [0.25, 0.3) is 0 Å². The highest BCUT2D eigenvalue weighted by atomic mass is 32.2. The smallest absolute Gasteiger partial charge is 0.240 e. The summed E-state index contributed by atoms with van der Waals surface area (Å²) in [5.74, 6) is 0. The zero-order valence-corrected chi connectivity index (χ0v) is 14.0. The second-order valence-corrected chi connectivity index (χ2v) is 8.09. The van der Waals surface area contributed by atoms with E-state index in [1.807, 2.05) is 12.1 Å². The third kappa shape index (κ3) is 3.51. The van der Waals surface area contributed by atoms with Gasteiger partial charge in [0.15, 0.2) is 0 Å². The van der Waals surface area contributed by atoms with Gasteiger partial charge in [-0.2, -0.15) is 0 Å². The van der Waals surface area contributed by atoms with E-state index in [1.165, 1.54) is 18.4 Å². The Kier molecular flexibility index (Phi) is 4.82. The van der Waals surface area contributed by atoms with Crippen molar-refractivity contribution >= 4 is 10.0 Å². The largest absolute Gasteiger partial charge is 0.312 e. The second-order valence-electron chi connectivity index (χ2n) is 6.32. The number of benzene rings is 1. The van der Waals surface area contributed by atoms with Crippen molar-refractivity contribution in [3.63, 3.8) is 0 Å². The van der Waals surface area contributed by atoms with Crippen LogP contribution >= 0.6 is 0 Å². The third-order valence-electron chi connectivity index (χ3n) is 4.82. The molecular formula is C16H25N3O2S. The van der Waals surface area contributed by atoms with E-state index in [-0.39, 0.29) is 0 Å². The monoisotopic (exact) mass is 323 g/mol. The molecule has 2 aliphatic rings. The topological polar surface area (TPSA) is 61.4 Å². The maximum Gasteiger partial charge on any atom is 0.240 e. The van der Waals surface area contributed by atoms with E-state index in [0.29, 0.717) is 17.5 Å². The number of likely N-dealkylation sites (tertiary alicyclic amines) is 1. The molecule has 1 unspecified atom stereocenters. The van der Waals surface area contributed by atoms with Gasteiger partial charge in [0.25, 0.3) is 0 Å². The van der Waals surface area contributed by atoms with E-state index in [2.05, 4.69) is 22.0 Å². The van der Waals surface area contributed by atoms with Crippen LogP contribution in [0.3, 0.4) is 0 Å². The van der Waals surface area contributed by atoms with Crippen molar-refractivity contribution in [2.75, 3.05) is 26.7 Å². The van der Waals surface area contributed by atoms with E-state index < -0.39 is 10.0 Å². The van der Waals surface area contributed by atoms with E-state index in [0.717, 1.165) is 38.0 Å². The summed E-state index contributed by atoms with van der Waals surface area (Å²) in [5, 5.41) is 3.28. The number of hydrogen-bond donors (Lipinski definition) is 2. The number of nitrogens with zero attached hydrogens (tertiary/aromatic N) is 1. The van der Waals surface area contributed by atoms with E-state index in [4.69, 9.17) is 0 Å². The quantitative estimate of drug-likeness (QED) is 0.852. The Labute approximate surface area is 133 Å². The van der Waals surface area contributed by atoms with Crippen molar-refractivity contribution < 1.29 is 8.42 Å². The van der Waals surface area contributed by atoms with Crippen molar-refractivity contribution in [1.29, 1.82) is 0 Å². The van der Waals surface area contributed by atoms with E-state index in [9.17, 15) is 8.42 Å². The van der Waals surface area contributed by atoms with Gasteiger partial charge in [-0.05, 0) is 69.1 Å². The molecule has 1 aromatic carbocycles. The summed E-state index contributed by atoms with van der Waals surface area (Å²) in [6.07, 6.45) is 4.23. The Hall–Kier alpha value is -0.950. The van der Waals surface area contributed by atoms with Gasteiger partial charge in [0.2, 0.25) is 10.0 Å². The molecule has 6 heteroatoms. The molecule has 1 saturated heterocycles. The van der Waals surface area contributed by atoms with Crippen molar-refractivity contribution in [3.05, 3.63) is 29.3 Å². The van der Waals surface area contributed by atoms with Crippen LogP contribution in [0.1, 0.15) is 30.4 Å². The molecule has 0 amide bonds. The van der Waals surface area contributed by atoms with E-state index in [1.54, 1.807) is 6.07 Å². The predicted octanol–water partition coefficient (Wildman–Crippen LogP) is 1.09. The molecule has 0 saturated carbocycles. The number of rotatable bonds is 5. The maximum atomic E-state index is 12.4. The van der Waals surface area contributed by atoms with Gasteiger partial charge in [0.05, 0.1) is 4.90 Å². The van der Waals surface area contributed by atoms with Crippen LogP contribution in [0, 0.1) is 0 Å². The molecule has 0 aromatic heterocycles. The minimum Gasteiger partial charge on any atom is -0.312 e. The first-order valence-electron chi connectivity index (χ1n) is 8.09. The lowest BCUT2D eigenvalue weighted by Gasteiger charge is -2.20. The van der Waals surface area contributed by atoms with Gasteiger partial charge >= 0.3 is 0 Å². The molecule has 5 nitrogen and oxygen atoms in total. The summed E-state index contributed by atoms with van der Waals surface area (Å²) >= 11 is 0. The molecule has 122 valence electrons. The normalized spacial score (nSPS) is 22.7. The first-order chi connectivity index (χ1) is 10.6. The Balaban J connectivity index is 1.62. The highest BCUT2D eigenvalue weighted by molar-refractivity contribution is 7.89. The fourth-order valence-electron chi connectivity index (χ4n) is 3.41. The average molecular weight is 323 g/mol. The van der Waals surface area contributed by atoms with Gasteiger partial charge < -0.3 is 10.2 Å². The lowest BCUT2D eigenvalue weighted by Crippen LogP contribution is -2.32. The lowest BCUT2D eigenvalue weighted by molar-refractivity contribution is 0.297. The minimum absolute atomic E-state index is 0.384. The molecule has 0 bridgehead atoms. The highest BCUT2D eigenvalue weighted by Crippen LogP contribution is 2.20. The highest BCUT2D eigenvalue weighted by Gasteiger charge is 2.22. The van der Waals surface area contributed by atoms with Gasteiger partial charge in [-0.25, -0.2) is 13.1 Å². The lowest BCUT2D eigenvalue weighted by atomic mass is 10.0. The van der Waals surface area contributed by atoms with Crippen molar-refractivity contribution in [2.45, 2.75) is 43.2 Å². The summed E-state index contributed by atoms with van der Waals surface area (Å²) in [6, 6.07) is 6.00. The molecule has 3 rings (SSSR count). The molecular weight excluding hydrogens is 298 g/mol. The zero-order chi connectivity index (χ0) is 15.6. The van der Waals surface area contributed by atoms with Gasteiger partial charge in [-0.15, -0.1) is 0 Å². The molecule has 1 fully saturated rings. The summed E-state index contributed by atoms with van der Waals surface area (Å²) in [4.78, 5) is 2.70. The fourth-order valence-corrected chi connectivity index (χ4v) is 4.51. The third-order valence-corrected chi connectivity index (χ3v) is 6.27. The Bertz CT molecular complexity index is 630. The fraction of sp³-hybridized carbons (Fsp3) is 0.625. The van der Waals surface area contributed by atoms with Crippen LogP contribution < -0.4 is 10.0 Å². The number of nitrogens with one attached hydrogen (secondary N) is 2. The molecule has 1 atom stereocenters. The molecule has 2 N–H and O–H groups in total. The SMILES string of the molecule is CN1CCCC1CCNS(=O)(=O)c1ccc2c(c1)CNCC2. The Morgan fingerprint density at radius 3 is 3.00 bits per heavy atom. The van der Waals surface area contributed by atoms with Crippen LogP contribution in [0.2, 0.25) is 0 Å². The van der Waals surface area contributed by atoms with Crippen LogP contribution in [-0.4, -0.2) is 46.0 Å². The molecule has 2 heterocycles. The van der Waals surface area contributed by atoms with Crippen molar-refractivity contribution in [2.24, 2.45) is 0 Å². The first kappa shape index (κ1) is 15.9. The van der Waals surface area contributed by atoms with Gasteiger partial charge in [-0.3, -0.25) is 0 Å². The average Bonchev–Trinajstić information content (AvgIpc) is 2.92. The van der Waals surface area contributed by atoms with Gasteiger partial charge in [-0.1, -0.05) is 6.07 Å². The van der Waals surface area contributed by atoms with Crippen LogP contribution in [0.5, 0.6) is 0 Å². The standard InChI is InChI=1S/C16H25N3O2S/c1-19-10-2-3-15(19)7-9-18-22(20,21)16-5-4-13-6-8-17-12-14(13)11-16/h4-5,11,15,17-18H,2-3,6-10,12H2,1H3. The van der Waals surface area contributed by atoms with Crippen molar-refractivity contribution in [1.82, 2.24) is 14.9 Å². The van der Waals surface area contributed by atoms with Crippen LogP contribution in [-0.2, 0) is 23.0 Å². The minimum atomic E-state index is -3.40. The summed E-state index contributed by atoms with van der Waals surface area (Å²) < 4.78 is 27.6. The molecule has 0 spiro atoms. The second kappa shape index (κ2) is 6.66. The van der Waals surface area contributed by atoms with Gasteiger partial charge in [0, 0.05) is 19.1 Å². The molecule has 0 aliphatic carbocycles. The van der Waals surface area contributed by atoms with Crippen LogP contribution in [0.4, 0.5) is 0 Å². The number of sulfonamides is 1. The Morgan fingerprint density at radius 1 is 1.36 bits per heavy atom. The molecule has 22 heavy (non-hydrogen) atoms. The number of hydrogen-bond acceptors (Lipinski definition) is 4. The predicted molar refractivity (Wildman–Crippen MR) is 87.3 cm³/mol. The van der Waals surface area contributed by atoms with Crippen LogP contribution in [0.15, 0.2) is 23.1 Å².